The highest BCUT2D eigenvalue weighted by Gasteiger charge is 2.54. The fourth-order valence-electron chi connectivity index (χ4n) is 4.15. The molecule has 2 heteroatoms. The molecule has 2 fully saturated rings. The zero-order valence-corrected chi connectivity index (χ0v) is 12.9. The van der Waals surface area contributed by atoms with Gasteiger partial charge >= 0.3 is 0 Å². The van der Waals surface area contributed by atoms with E-state index in [9.17, 15) is 4.79 Å². The maximum Gasteiger partial charge on any atom is 0.227 e. The van der Waals surface area contributed by atoms with Gasteiger partial charge in [0, 0.05) is 12.5 Å². The third kappa shape index (κ3) is 2.06. The van der Waals surface area contributed by atoms with Crippen LogP contribution in [0, 0.1) is 11.8 Å². The summed E-state index contributed by atoms with van der Waals surface area (Å²) in [5.74, 6) is 1.52. The van der Waals surface area contributed by atoms with Crippen LogP contribution >= 0.6 is 0 Å². The summed E-state index contributed by atoms with van der Waals surface area (Å²) in [5, 5.41) is 0. The SMILES string of the molecule is C[C@H](c1ccccc1)N1C[C@@H]2C[C@@H](c3ccccc3)[C@@H]2C1=O. The Bertz CT molecular complexity index is 667. The van der Waals surface area contributed by atoms with Crippen LogP contribution in [0.25, 0.3) is 0 Å². The first kappa shape index (κ1) is 13.6. The molecule has 1 aliphatic carbocycles. The predicted octanol–water partition coefficient (Wildman–Crippen LogP) is 4.01. The zero-order valence-electron chi connectivity index (χ0n) is 12.9. The largest absolute Gasteiger partial charge is 0.335 e. The van der Waals surface area contributed by atoms with Crippen LogP contribution in [-0.4, -0.2) is 17.4 Å². The van der Waals surface area contributed by atoms with E-state index >= 15 is 0 Å². The van der Waals surface area contributed by atoms with Crippen LogP contribution in [0.1, 0.15) is 36.4 Å². The van der Waals surface area contributed by atoms with Gasteiger partial charge in [0.05, 0.1) is 6.04 Å². The van der Waals surface area contributed by atoms with Gasteiger partial charge in [-0.15, -0.1) is 0 Å². The molecule has 2 nitrogen and oxygen atoms in total. The van der Waals surface area contributed by atoms with Gasteiger partial charge in [-0.3, -0.25) is 4.79 Å². The summed E-state index contributed by atoms with van der Waals surface area (Å²) in [7, 11) is 0. The molecule has 0 radical (unpaired) electrons. The molecular weight excluding hydrogens is 270 g/mol. The normalized spacial score (nSPS) is 28.1. The lowest BCUT2D eigenvalue weighted by Gasteiger charge is -2.38. The summed E-state index contributed by atoms with van der Waals surface area (Å²) < 4.78 is 0. The van der Waals surface area contributed by atoms with Crippen molar-refractivity contribution in [2.45, 2.75) is 25.3 Å². The molecule has 112 valence electrons. The predicted molar refractivity (Wildman–Crippen MR) is 87.4 cm³/mol. The first-order chi connectivity index (χ1) is 10.8. The first-order valence-corrected chi connectivity index (χ1v) is 8.16. The van der Waals surface area contributed by atoms with E-state index in [-0.39, 0.29) is 12.0 Å². The minimum absolute atomic E-state index is 0.177. The highest BCUT2D eigenvalue weighted by Crippen LogP contribution is 2.53. The summed E-state index contributed by atoms with van der Waals surface area (Å²) in [6, 6.07) is 21.1. The molecule has 0 unspecified atom stereocenters. The van der Waals surface area contributed by atoms with Crippen LogP contribution < -0.4 is 0 Å². The molecule has 1 saturated carbocycles. The Morgan fingerprint density at radius 2 is 1.64 bits per heavy atom. The molecule has 2 aromatic rings. The van der Waals surface area contributed by atoms with Gasteiger partial charge in [-0.05, 0) is 36.3 Å². The molecular formula is C20H21NO. The van der Waals surface area contributed by atoms with E-state index in [2.05, 4.69) is 48.2 Å². The molecule has 0 aromatic heterocycles. The third-order valence-corrected chi connectivity index (χ3v) is 5.47. The van der Waals surface area contributed by atoms with Crippen molar-refractivity contribution in [2.24, 2.45) is 11.8 Å². The minimum Gasteiger partial charge on any atom is -0.335 e. The number of amides is 1. The van der Waals surface area contributed by atoms with Gasteiger partial charge in [0.2, 0.25) is 5.91 Å². The highest BCUT2D eigenvalue weighted by atomic mass is 16.2. The van der Waals surface area contributed by atoms with Crippen LogP contribution in [0.3, 0.4) is 0 Å². The second kappa shape index (κ2) is 5.28. The molecule has 1 aliphatic heterocycles. The number of hydrogen-bond donors (Lipinski definition) is 0. The second-order valence-electron chi connectivity index (χ2n) is 6.62. The molecule has 0 N–H and O–H groups in total. The molecule has 22 heavy (non-hydrogen) atoms. The summed E-state index contributed by atoms with van der Waals surface area (Å²) in [6.45, 7) is 3.07. The zero-order chi connectivity index (χ0) is 15.1. The quantitative estimate of drug-likeness (QED) is 0.836. The average molecular weight is 291 g/mol. The Labute approximate surface area is 131 Å². The Morgan fingerprint density at radius 3 is 2.32 bits per heavy atom. The van der Waals surface area contributed by atoms with Gasteiger partial charge in [-0.2, -0.15) is 0 Å². The van der Waals surface area contributed by atoms with E-state index < -0.39 is 0 Å². The van der Waals surface area contributed by atoms with Crippen molar-refractivity contribution in [3.05, 3.63) is 71.8 Å². The van der Waals surface area contributed by atoms with Crippen LogP contribution in [0.15, 0.2) is 60.7 Å². The van der Waals surface area contributed by atoms with E-state index in [1.165, 1.54) is 11.1 Å². The summed E-state index contributed by atoms with van der Waals surface area (Å²) >= 11 is 0. The second-order valence-corrected chi connectivity index (χ2v) is 6.62. The lowest BCUT2D eigenvalue weighted by molar-refractivity contribution is -0.135. The van der Waals surface area contributed by atoms with Crippen LogP contribution in [0.5, 0.6) is 0 Å². The Morgan fingerprint density at radius 1 is 1.00 bits per heavy atom. The van der Waals surface area contributed by atoms with Crippen molar-refractivity contribution in [2.75, 3.05) is 6.54 Å². The van der Waals surface area contributed by atoms with Crippen molar-refractivity contribution < 1.29 is 4.79 Å². The smallest absolute Gasteiger partial charge is 0.227 e. The first-order valence-electron chi connectivity index (χ1n) is 8.16. The average Bonchev–Trinajstić information content (AvgIpc) is 2.79. The summed E-state index contributed by atoms with van der Waals surface area (Å²) in [5.41, 5.74) is 2.56. The highest BCUT2D eigenvalue weighted by molar-refractivity contribution is 5.84. The molecule has 0 spiro atoms. The lowest BCUT2D eigenvalue weighted by atomic mass is 9.64. The van der Waals surface area contributed by atoms with Gasteiger partial charge in [-0.1, -0.05) is 60.7 Å². The molecule has 1 saturated heterocycles. The number of likely N-dealkylation sites (tertiary alicyclic amines) is 1. The van der Waals surface area contributed by atoms with E-state index in [4.69, 9.17) is 0 Å². The maximum absolute atomic E-state index is 12.9. The minimum atomic E-state index is 0.177. The summed E-state index contributed by atoms with van der Waals surface area (Å²) in [4.78, 5) is 15.0. The number of hydrogen-bond acceptors (Lipinski definition) is 1. The molecule has 4 rings (SSSR count). The monoisotopic (exact) mass is 291 g/mol. The molecule has 2 aliphatic rings. The van der Waals surface area contributed by atoms with Gasteiger partial charge in [0.1, 0.15) is 0 Å². The lowest BCUT2D eigenvalue weighted by Crippen LogP contribution is -2.36. The summed E-state index contributed by atoms with van der Waals surface area (Å²) in [6.07, 6.45) is 1.15. The van der Waals surface area contributed by atoms with Crippen molar-refractivity contribution in [3.8, 4) is 0 Å². The van der Waals surface area contributed by atoms with Crippen molar-refractivity contribution in [1.82, 2.24) is 4.90 Å². The molecule has 2 aromatic carbocycles. The van der Waals surface area contributed by atoms with Crippen molar-refractivity contribution >= 4 is 5.91 Å². The van der Waals surface area contributed by atoms with Gasteiger partial charge in [0.15, 0.2) is 0 Å². The van der Waals surface area contributed by atoms with Gasteiger partial charge < -0.3 is 4.90 Å². The van der Waals surface area contributed by atoms with Gasteiger partial charge in [-0.25, -0.2) is 0 Å². The standard InChI is InChI=1S/C20H21NO/c1-14(15-8-4-2-5-9-15)21-13-17-12-18(19(17)20(21)22)16-10-6-3-7-11-16/h2-11,14,17-19H,12-13H2,1H3/t14-,17+,18+,19-/m1/s1. The van der Waals surface area contributed by atoms with E-state index in [0.29, 0.717) is 17.7 Å². The number of rotatable bonds is 3. The maximum atomic E-state index is 12.9. The van der Waals surface area contributed by atoms with Crippen molar-refractivity contribution in [3.63, 3.8) is 0 Å². The van der Waals surface area contributed by atoms with Crippen molar-refractivity contribution in [1.29, 1.82) is 0 Å². The number of fused-ring (bicyclic) bond motifs is 1. The number of nitrogens with zero attached hydrogens (tertiary/aromatic N) is 1. The molecule has 1 heterocycles. The van der Waals surface area contributed by atoms with E-state index in [0.717, 1.165) is 13.0 Å². The fourth-order valence-corrected chi connectivity index (χ4v) is 4.15. The third-order valence-electron chi connectivity index (χ3n) is 5.47. The van der Waals surface area contributed by atoms with E-state index in [1.807, 2.05) is 24.3 Å². The van der Waals surface area contributed by atoms with Gasteiger partial charge in [0.25, 0.3) is 0 Å². The topological polar surface area (TPSA) is 20.3 Å². The number of carbonyl (C=O) groups excluding carboxylic acids is 1. The van der Waals surface area contributed by atoms with Crippen LogP contribution in [0.2, 0.25) is 0 Å². The number of benzene rings is 2. The Balaban J connectivity index is 1.54. The fraction of sp³-hybridized carbons (Fsp3) is 0.350. The Hall–Kier alpha value is -2.09. The number of carbonyl (C=O) groups is 1. The van der Waals surface area contributed by atoms with Crippen LogP contribution in [-0.2, 0) is 4.79 Å². The Kier molecular flexibility index (Phi) is 3.25. The molecule has 4 atom stereocenters. The molecule has 0 bridgehead atoms. The van der Waals surface area contributed by atoms with E-state index in [1.54, 1.807) is 0 Å². The molecule has 1 amide bonds. The van der Waals surface area contributed by atoms with Crippen LogP contribution in [0.4, 0.5) is 0 Å².